The monoisotopic (exact) mass is 432 g/mol. The van der Waals surface area contributed by atoms with Crippen LogP contribution in [0.1, 0.15) is 31.7 Å². The van der Waals surface area contributed by atoms with Gasteiger partial charge in [-0.05, 0) is 30.7 Å². The summed E-state index contributed by atoms with van der Waals surface area (Å²) in [4.78, 5) is 18.5. The first-order valence-corrected chi connectivity index (χ1v) is 10.4. The summed E-state index contributed by atoms with van der Waals surface area (Å²) in [6, 6.07) is 1.96. The van der Waals surface area contributed by atoms with E-state index < -0.39 is 17.3 Å². The van der Waals surface area contributed by atoms with Crippen molar-refractivity contribution in [2.75, 3.05) is 23.7 Å². The summed E-state index contributed by atoms with van der Waals surface area (Å²) in [5.74, 6) is 1.01. The predicted octanol–water partition coefficient (Wildman–Crippen LogP) is 4.41. The molecule has 0 aromatic carbocycles. The van der Waals surface area contributed by atoms with Gasteiger partial charge in [0, 0.05) is 24.5 Å². The molecule has 3 rings (SSSR count). The molecule has 2 aromatic rings. The van der Waals surface area contributed by atoms with Crippen LogP contribution in [0.2, 0.25) is 5.02 Å². The molecule has 0 N–H and O–H groups in total. The Morgan fingerprint density at radius 2 is 2.07 bits per heavy atom. The first-order valence-electron chi connectivity index (χ1n) is 8.99. The first kappa shape index (κ1) is 21.0. The van der Waals surface area contributed by atoms with Gasteiger partial charge in [0.05, 0.1) is 17.4 Å². The fourth-order valence-corrected chi connectivity index (χ4v) is 4.52. The summed E-state index contributed by atoms with van der Waals surface area (Å²) in [5.41, 5.74) is -0.940. The maximum atomic E-state index is 12.7. The molecule has 2 aromatic heterocycles. The van der Waals surface area contributed by atoms with Crippen LogP contribution in [0, 0.1) is 0 Å². The van der Waals surface area contributed by atoms with E-state index in [4.69, 9.17) is 11.6 Å². The Bertz CT molecular complexity index is 873. The molecule has 3 heterocycles. The standard InChI is InChI=1S/C18H20ClF3N4OS/c1-2-28-13-5-3-4-8-25(11-13)14-10-24-26(17(27)16(14)19)15-7-6-12(9-23-15)18(20,21)22/h6-7,9-10,13H,2-5,8,11H2,1H3. The van der Waals surface area contributed by atoms with Crippen molar-refractivity contribution in [1.82, 2.24) is 14.8 Å². The van der Waals surface area contributed by atoms with Crippen LogP contribution in [0.3, 0.4) is 0 Å². The highest BCUT2D eigenvalue weighted by molar-refractivity contribution is 7.99. The lowest BCUT2D eigenvalue weighted by Gasteiger charge is -2.26. The molecule has 1 saturated heterocycles. The van der Waals surface area contributed by atoms with E-state index in [9.17, 15) is 18.0 Å². The first-order chi connectivity index (χ1) is 13.3. The van der Waals surface area contributed by atoms with Gasteiger partial charge in [0.1, 0.15) is 5.02 Å². The van der Waals surface area contributed by atoms with Crippen molar-refractivity contribution in [1.29, 1.82) is 0 Å². The van der Waals surface area contributed by atoms with Crippen molar-refractivity contribution in [3.8, 4) is 5.82 Å². The molecule has 152 valence electrons. The van der Waals surface area contributed by atoms with E-state index >= 15 is 0 Å². The van der Waals surface area contributed by atoms with Gasteiger partial charge in [0.15, 0.2) is 5.82 Å². The lowest BCUT2D eigenvalue weighted by Crippen LogP contribution is -2.33. The zero-order chi connectivity index (χ0) is 20.3. The second-order valence-electron chi connectivity index (χ2n) is 6.48. The normalized spacial score (nSPS) is 18.2. The number of nitrogens with zero attached hydrogens (tertiary/aromatic N) is 4. The number of hydrogen-bond donors (Lipinski definition) is 0. The van der Waals surface area contributed by atoms with Gasteiger partial charge in [-0.15, -0.1) is 0 Å². The minimum atomic E-state index is -4.49. The zero-order valence-corrected chi connectivity index (χ0v) is 16.8. The molecule has 1 fully saturated rings. The Kier molecular flexibility index (Phi) is 6.54. The van der Waals surface area contributed by atoms with Gasteiger partial charge in [-0.1, -0.05) is 24.9 Å². The van der Waals surface area contributed by atoms with E-state index in [1.165, 1.54) is 6.20 Å². The average molecular weight is 433 g/mol. The smallest absolute Gasteiger partial charge is 0.368 e. The van der Waals surface area contributed by atoms with Gasteiger partial charge < -0.3 is 4.90 Å². The van der Waals surface area contributed by atoms with Crippen molar-refractivity contribution in [2.24, 2.45) is 0 Å². The molecule has 10 heteroatoms. The highest BCUT2D eigenvalue weighted by Gasteiger charge is 2.31. The van der Waals surface area contributed by atoms with E-state index in [1.807, 2.05) is 11.8 Å². The number of hydrogen-bond acceptors (Lipinski definition) is 5. The molecule has 5 nitrogen and oxygen atoms in total. The summed E-state index contributed by atoms with van der Waals surface area (Å²) in [7, 11) is 0. The third kappa shape index (κ3) is 4.63. The predicted molar refractivity (Wildman–Crippen MR) is 106 cm³/mol. The number of thioether (sulfide) groups is 1. The number of anilines is 1. The van der Waals surface area contributed by atoms with Gasteiger partial charge in [0.25, 0.3) is 5.56 Å². The van der Waals surface area contributed by atoms with Gasteiger partial charge in [-0.2, -0.15) is 34.7 Å². The summed E-state index contributed by atoms with van der Waals surface area (Å²) < 4.78 is 39.0. The molecule has 1 unspecified atom stereocenters. The highest BCUT2D eigenvalue weighted by Crippen LogP contribution is 2.30. The Morgan fingerprint density at radius 3 is 2.71 bits per heavy atom. The Balaban J connectivity index is 1.90. The fourth-order valence-electron chi connectivity index (χ4n) is 3.18. The van der Waals surface area contributed by atoms with Crippen LogP contribution in [-0.2, 0) is 6.18 Å². The molecule has 0 spiro atoms. The van der Waals surface area contributed by atoms with Crippen LogP contribution in [0.5, 0.6) is 0 Å². The number of halogens is 4. The Morgan fingerprint density at radius 1 is 1.29 bits per heavy atom. The van der Waals surface area contributed by atoms with Gasteiger partial charge >= 0.3 is 6.18 Å². The SMILES string of the molecule is CCSC1CCCCN(c2cnn(-c3ccc(C(F)(F)F)cn3)c(=O)c2Cl)C1. The van der Waals surface area contributed by atoms with Gasteiger partial charge in [-0.25, -0.2) is 4.98 Å². The summed E-state index contributed by atoms with van der Waals surface area (Å²) in [6.07, 6.45) is 0.902. The zero-order valence-electron chi connectivity index (χ0n) is 15.2. The molecule has 0 saturated carbocycles. The molecule has 1 aliphatic rings. The van der Waals surface area contributed by atoms with Crippen molar-refractivity contribution in [2.45, 2.75) is 37.6 Å². The molecule has 0 amide bonds. The Labute approximate surface area is 169 Å². The van der Waals surface area contributed by atoms with Crippen molar-refractivity contribution in [3.05, 3.63) is 45.5 Å². The van der Waals surface area contributed by atoms with E-state index in [1.54, 1.807) is 0 Å². The second-order valence-corrected chi connectivity index (χ2v) is 8.44. The average Bonchev–Trinajstić information content (AvgIpc) is 2.89. The fraction of sp³-hybridized carbons (Fsp3) is 0.500. The number of rotatable bonds is 4. The molecule has 0 radical (unpaired) electrons. The molecular formula is C18H20ClF3N4OS. The van der Waals surface area contributed by atoms with Gasteiger partial charge in [0.2, 0.25) is 0 Å². The van der Waals surface area contributed by atoms with E-state index in [0.29, 0.717) is 17.1 Å². The van der Waals surface area contributed by atoms with Crippen LogP contribution in [-0.4, -0.2) is 38.9 Å². The summed E-state index contributed by atoms with van der Waals surface area (Å²) in [6.45, 7) is 3.68. The quantitative estimate of drug-likeness (QED) is 0.716. The van der Waals surface area contributed by atoms with Crippen LogP contribution in [0.15, 0.2) is 29.3 Å². The number of pyridine rings is 1. The van der Waals surface area contributed by atoms with Crippen LogP contribution < -0.4 is 10.5 Å². The lowest BCUT2D eigenvalue weighted by atomic mass is 10.2. The topological polar surface area (TPSA) is 51.0 Å². The van der Waals surface area contributed by atoms with E-state index in [2.05, 4.69) is 21.9 Å². The van der Waals surface area contributed by atoms with Crippen LogP contribution in [0.25, 0.3) is 5.82 Å². The van der Waals surface area contributed by atoms with Gasteiger partial charge in [-0.3, -0.25) is 4.79 Å². The van der Waals surface area contributed by atoms with Crippen molar-refractivity contribution in [3.63, 3.8) is 0 Å². The number of aromatic nitrogens is 3. The molecule has 1 atom stereocenters. The molecule has 28 heavy (non-hydrogen) atoms. The van der Waals surface area contributed by atoms with E-state index in [-0.39, 0.29) is 10.8 Å². The maximum Gasteiger partial charge on any atom is 0.417 e. The Hall–Kier alpha value is -1.74. The van der Waals surface area contributed by atoms with Crippen molar-refractivity contribution >= 4 is 29.1 Å². The lowest BCUT2D eigenvalue weighted by molar-refractivity contribution is -0.137. The summed E-state index contributed by atoms with van der Waals surface area (Å²) >= 11 is 8.22. The number of alkyl halides is 3. The largest absolute Gasteiger partial charge is 0.417 e. The third-order valence-corrected chi connectivity index (χ3v) is 6.11. The minimum absolute atomic E-state index is 0.00107. The highest BCUT2D eigenvalue weighted by atomic mass is 35.5. The maximum absolute atomic E-state index is 12.7. The van der Waals surface area contributed by atoms with Crippen LogP contribution in [0.4, 0.5) is 18.9 Å². The molecule has 0 aliphatic carbocycles. The molecule has 1 aliphatic heterocycles. The van der Waals surface area contributed by atoms with Crippen molar-refractivity contribution < 1.29 is 13.2 Å². The summed E-state index contributed by atoms with van der Waals surface area (Å²) in [5, 5.41) is 4.57. The van der Waals surface area contributed by atoms with Crippen LogP contribution >= 0.6 is 23.4 Å². The molecule has 0 bridgehead atoms. The molecular weight excluding hydrogens is 413 g/mol. The van der Waals surface area contributed by atoms with E-state index in [0.717, 1.165) is 54.9 Å². The third-order valence-electron chi connectivity index (χ3n) is 4.56. The second kappa shape index (κ2) is 8.73. The minimum Gasteiger partial charge on any atom is -0.368 e.